The van der Waals surface area contributed by atoms with E-state index >= 15 is 0 Å². The first-order valence-corrected chi connectivity index (χ1v) is 7.26. The first-order chi connectivity index (χ1) is 9.51. The number of nitro benzene ring substituents is 1. The van der Waals surface area contributed by atoms with E-state index in [1.54, 1.807) is 6.92 Å². The number of esters is 1. The van der Waals surface area contributed by atoms with E-state index in [0.717, 1.165) is 0 Å². The summed E-state index contributed by atoms with van der Waals surface area (Å²) in [7, 11) is 0. The molecule has 20 heavy (non-hydrogen) atoms. The van der Waals surface area contributed by atoms with E-state index in [4.69, 9.17) is 4.74 Å². The van der Waals surface area contributed by atoms with E-state index in [1.807, 2.05) is 6.92 Å². The van der Waals surface area contributed by atoms with Crippen molar-refractivity contribution in [1.82, 2.24) is 0 Å². The van der Waals surface area contributed by atoms with Gasteiger partial charge in [0.2, 0.25) is 0 Å². The quantitative estimate of drug-likeness (QED) is 0.472. The van der Waals surface area contributed by atoms with E-state index < -0.39 is 22.2 Å². The zero-order valence-corrected chi connectivity index (χ0v) is 12.1. The van der Waals surface area contributed by atoms with Crippen LogP contribution in [0.4, 0.5) is 5.69 Å². The highest BCUT2D eigenvalue weighted by molar-refractivity contribution is 8.00. The Bertz CT molecular complexity index is 462. The average Bonchev–Trinajstić information content (AvgIpc) is 2.44. The third kappa shape index (κ3) is 4.21. The number of rotatable bonds is 7. The van der Waals surface area contributed by atoms with Crippen LogP contribution in [0, 0.1) is 10.1 Å². The SMILES string of the molecule is CCOC(=O)[C@@H](SCC)[C@H](O)c1ccc([N+](=O)[O-])cc1. The number of thioether (sulfide) groups is 1. The number of nitro groups is 1. The summed E-state index contributed by atoms with van der Waals surface area (Å²) >= 11 is 1.28. The van der Waals surface area contributed by atoms with E-state index in [1.165, 1.54) is 36.0 Å². The highest BCUT2D eigenvalue weighted by Crippen LogP contribution is 2.28. The van der Waals surface area contributed by atoms with Crippen molar-refractivity contribution in [3.05, 3.63) is 39.9 Å². The van der Waals surface area contributed by atoms with Gasteiger partial charge in [-0.15, -0.1) is 11.8 Å². The monoisotopic (exact) mass is 299 g/mol. The predicted molar refractivity (Wildman–Crippen MR) is 76.6 cm³/mol. The molecule has 1 N–H and O–H groups in total. The predicted octanol–water partition coefficient (Wildman–Crippen LogP) is 2.31. The Morgan fingerprint density at radius 2 is 2.00 bits per heavy atom. The normalized spacial score (nSPS) is 13.6. The molecule has 0 saturated heterocycles. The van der Waals surface area contributed by atoms with Gasteiger partial charge in [0.1, 0.15) is 11.4 Å². The van der Waals surface area contributed by atoms with Gasteiger partial charge < -0.3 is 9.84 Å². The van der Waals surface area contributed by atoms with Gasteiger partial charge in [-0.1, -0.05) is 6.92 Å². The van der Waals surface area contributed by atoms with E-state index in [9.17, 15) is 20.0 Å². The lowest BCUT2D eigenvalue weighted by Crippen LogP contribution is -2.27. The second-order valence-electron chi connectivity index (χ2n) is 3.92. The Morgan fingerprint density at radius 3 is 2.45 bits per heavy atom. The molecule has 0 amide bonds. The minimum Gasteiger partial charge on any atom is -0.465 e. The molecule has 0 aliphatic carbocycles. The van der Waals surface area contributed by atoms with Crippen molar-refractivity contribution >= 4 is 23.4 Å². The van der Waals surface area contributed by atoms with Crippen LogP contribution in [-0.4, -0.2) is 33.6 Å². The number of carbonyl (C=O) groups is 1. The van der Waals surface area contributed by atoms with E-state index in [0.29, 0.717) is 11.3 Å². The Kier molecular flexibility index (Phi) is 6.47. The lowest BCUT2D eigenvalue weighted by atomic mass is 10.1. The minimum absolute atomic E-state index is 0.0585. The maximum absolute atomic E-state index is 11.8. The van der Waals surface area contributed by atoms with Gasteiger partial charge >= 0.3 is 5.97 Å². The molecule has 0 aromatic heterocycles. The van der Waals surface area contributed by atoms with Crippen LogP contribution in [0.25, 0.3) is 0 Å². The van der Waals surface area contributed by atoms with Crippen LogP contribution in [0.3, 0.4) is 0 Å². The van der Waals surface area contributed by atoms with Crippen LogP contribution in [-0.2, 0) is 9.53 Å². The van der Waals surface area contributed by atoms with Crippen molar-refractivity contribution in [2.24, 2.45) is 0 Å². The summed E-state index contributed by atoms with van der Waals surface area (Å²) < 4.78 is 4.93. The zero-order valence-electron chi connectivity index (χ0n) is 11.3. The molecular formula is C13H17NO5S. The number of ether oxygens (including phenoxy) is 1. The number of non-ortho nitro benzene ring substituents is 1. The molecule has 110 valence electrons. The highest BCUT2D eigenvalue weighted by atomic mass is 32.2. The summed E-state index contributed by atoms with van der Waals surface area (Å²) in [5, 5.41) is 20.1. The summed E-state index contributed by atoms with van der Waals surface area (Å²) in [5.74, 6) is 0.165. The molecule has 0 spiro atoms. The molecule has 1 rings (SSSR count). The Morgan fingerprint density at radius 1 is 1.40 bits per heavy atom. The summed E-state index contributed by atoms with van der Waals surface area (Å²) in [5.41, 5.74) is 0.395. The molecule has 0 bridgehead atoms. The second-order valence-corrected chi connectivity index (χ2v) is 5.34. The van der Waals surface area contributed by atoms with Crippen molar-refractivity contribution in [2.45, 2.75) is 25.2 Å². The van der Waals surface area contributed by atoms with Crippen LogP contribution >= 0.6 is 11.8 Å². The summed E-state index contributed by atoms with van der Waals surface area (Å²) in [6, 6.07) is 5.51. The van der Waals surface area contributed by atoms with Crippen molar-refractivity contribution in [2.75, 3.05) is 12.4 Å². The van der Waals surface area contributed by atoms with Crippen LogP contribution < -0.4 is 0 Å². The Hall–Kier alpha value is -1.60. The van der Waals surface area contributed by atoms with E-state index in [-0.39, 0.29) is 12.3 Å². The van der Waals surface area contributed by atoms with Gasteiger partial charge in [-0.05, 0) is 30.4 Å². The molecule has 1 aromatic rings. The lowest BCUT2D eigenvalue weighted by molar-refractivity contribution is -0.384. The largest absolute Gasteiger partial charge is 0.465 e. The first kappa shape index (κ1) is 16.5. The fraction of sp³-hybridized carbons (Fsp3) is 0.462. The van der Waals surface area contributed by atoms with Gasteiger partial charge in [-0.2, -0.15) is 0 Å². The van der Waals surface area contributed by atoms with Gasteiger partial charge in [0.25, 0.3) is 5.69 Å². The molecule has 0 saturated carbocycles. The average molecular weight is 299 g/mol. The highest BCUT2D eigenvalue weighted by Gasteiger charge is 2.29. The lowest BCUT2D eigenvalue weighted by Gasteiger charge is -2.20. The molecule has 0 fully saturated rings. The van der Waals surface area contributed by atoms with Crippen LogP contribution in [0.2, 0.25) is 0 Å². The number of nitrogens with zero attached hydrogens (tertiary/aromatic N) is 1. The third-order valence-electron chi connectivity index (χ3n) is 2.60. The first-order valence-electron chi connectivity index (χ1n) is 6.21. The molecule has 0 heterocycles. The Balaban J connectivity index is 2.90. The molecule has 1 aromatic carbocycles. The molecular weight excluding hydrogens is 282 g/mol. The van der Waals surface area contributed by atoms with Crippen LogP contribution in [0.5, 0.6) is 0 Å². The smallest absolute Gasteiger partial charge is 0.322 e. The topological polar surface area (TPSA) is 89.7 Å². The number of aliphatic hydroxyl groups is 1. The van der Waals surface area contributed by atoms with Crippen LogP contribution in [0.15, 0.2) is 24.3 Å². The summed E-state index contributed by atoms with van der Waals surface area (Å²) in [6.07, 6.45) is -1.06. The maximum atomic E-state index is 11.8. The fourth-order valence-electron chi connectivity index (χ4n) is 1.66. The molecule has 0 unspecified atom stereocenters. The maximum Gasteiger partial charge on any atom is 0.322 e. The molecule has 6 nitrogen and oxygen atoms in total. The van der Waals surface area contributed by atoms with Crippen molar-refractivity contribution in [3.8, 4) is 0 Å². The number of hydrogen-bond donors (Lipinski definition) is 1. The molecule has 2 atom stereocenters. The third-order valence-corrected chi connectivity index (χ3v) is 3.74. The van der Waals surface area contributed by atoms with Gasteiger partial charge in [-0.3, -0.25) is 14.9 Å². The molecule has 0 aliphatic rings. The van der Waals surface area contributed by atoms with Gasteiger partial charge in [0.05, 0.1) is 11.5 Å². The zero-order chi connectivity index (χ0) is 15.1. The van der Waals surface area contributed by atoms with Crippen molar-refractivity contribution in [1.29, 1.82) is 0 Å². The minimum atomic E-state index is -1.06. The van der Waals surface area contributed by atoms with Crippen molar-refractivity contribution < 1.29 is 19.6 Å². The van der Waals surface area contributed by atoms with Crippen molar-refractivity contribution in [3.63, 3.8) is 0 Å². The van der Waals surface area contributed by atoms with Crippen LogP contribution in [0.1, 0.15) is 25.5 Å². The summed E-state index contributed by atoms with van der Waals surface area (Å²) in [4.78, 5) is 21.9. The van der Waals surface area contributed by atoms with Gasteiger partial charge in [0, 0.05) is 12.1 Å². The number of hydrogen-bond acceptors (Lipinski definition) is 6. The number of carbonyl (C=O) groups excluding carboxylic acids is 1. The molecule has 0 radical (unpaired) electrons. The number of aliphatic hydroxyl groups excluding tert-OH is 1. The second kappa shape index (κ2) is 7.86. The standard InChI is InChI=1S/C13H17NO5S/c1-3-19-13(16)12(20-4-2)11(15)9-5-7-10(8-6-9)14(17)18/h5-8,11-12,15H,3-4H2,1-2H3/t11-,12+/m1/s1. The summed E-state index contributed by atoms with van der Waals surface area (Å²) in [6.45, 7) is 3.82. The fourth-order valence-corrected chi connectivity index (χ4v) is 2.56. The molecule has 0 aliphatic heterocycles. The number of benzene rings is 1. The Labute approximate surface area is 121 Å². The molecule has 7 heteroatoms. The van der Waals surface area contributed by atoms with Gasteiger partial charge in [0.15, 0.2) is 0 Å². The van der Waals surface area contributed by atoms with Gasteiger partial charge in [-0.25, -0.2) is 0 Å². The van der Waals surface area contributed by atoms with E-state index in [2.05, 4.69) is 0 Å².